The highest BCUT2D eigenvalue weighted by atomic mass is 16.5. The summed E-state index contributed by atoms with van der Waals surface area (Å²) in [6, 6.07) is 13.3. The van der Waals surface area contributed by atoms with E-state index < -0.39 is 17.7 Å². The molecule has 1 heterocycles. The molecule has 2 aromatic carbocycles. The minimum absolute atomic E-state index is 0.0396. The summed E-state index contributed by atoms with van der Waals surface area (Å²) in [7, 11) is 3.12. The third kappa shape index (κ3) is 5.37. The summed E-state index contributed by atoms with van der Waals surface area (Å²) >= 11 is 0. The second-order valence-electron chi connectivity index (χ2n) is 8.31. The van der Waals surface area contributed by atoms with Gasteiger partial charge in [0.2, 0.25) is 0 Å². The van der Waals surface area contributed by atoms with Gasteiger partial charge in [0.25, 0.3) is 11.7 Å². The van der Waals surface area contributed by atoms with Crippen LogP contribution >= 0.6 is 0 Å². The Morgan fingerprint density at radius 2 is 1.76 bits per heavy atom. The normalized spacial score (nSPS) is 17.6. The largest absolute Gasteiger partial charge is 0.507 e. The second-order valence-corrected chi connectivity index (χ2v) is 8.31. The zero-order valence-electron chi connectivity index (χ0n) is 19.5. The van der Waals surface area contributed by atoms with Gasteiger partial charge in [0.05, 0.1) is 25.3 Å². The van der Waals surface area contributed by atoms with E-state index in [9.17, 15) is 14.7 Å². The molecular weight excluding hydrogens is 422 g/mol. The molecular formula is C26H31NO6. The number of rotatable bonds is 10. The van der Waals surface area contributed by atoms with E-state index in [2.05, 4.69) is 13.8 Å². The van der Waals surface area contributed by atoms with E-state index in [0.717, 1.165) is 0 Å². The van der Waals surface area contributed by atoms with E-state index in [-0.39, 0.29) is 11.3 Å². The van der Waals surface area contributed by atoms with Crippen molar-refractivity contribution in [2.75, 3.05) is 34.0 Å². The summed E-state index contributed by atoms with van der Waals surface area (Å²) in [6.45, 7) is 5.44. The van der Waals surface area contributed by atoms with Crippen molar-refractivity contribution in [1.82, 2.24) is 4.90 Å². The molecule has 2 aromatic rings. The summed E-state index contributed by atoms with van der Waals surface area (Å²) in [5.74, 6) is -0.0191. The number of hydrogen-bond donors (Lipinski definition) is 1. The topological polar surface area (TPSA) is 85.3 Å². The highest BCUT2D eigenvalue weighted by Crippen LogP contribution is 2.42. The van der Waals surface area contributed by atoms with E-state index in [0.29, 0.717) is 54.7 Å². The lowest BCUT2D eigenvalue weighted by Gasteiger charge is -2.26. The van der Waals surface area contributed by atoms with E-state index in [1.54, 1.807) is 43.5 Å². The van der Waals surface area contributed by atoms with Crippen LogP contribution in [0, 0.1) is 5.92 Å². The highest BCUT2D eigenvalue weighted by Gasteiger charge is 2.46. The number of ketones is 1. The molecule has 1 fully saturated rings. The Bertz CT molecular complexity index is 1010. The number of carbonyl (C=O) groups excluding carboxylic acids is 2. The van der Waals surface area contributed by atoms with Crippen LogP contribution < -0.4 is 9.47 Å². The Morgan fingerprint density at radius 3 is 2.39 bits per heavy atom. The number of nitrogens with zero attached hydrogens (tertiary/aromatic N) is 1. The molecule has 0 bridgehead atoms. The number of ether oxygens (including phenoxy) is 3. The Morgan fingerprint density at radius 1 is 1.06 bits per heavy atom. The fourth-order valence-electron chi connectivity index (χ4n) is 3.83. The van der Waals surface area contributed by atoms with Gasteiger partial charge in [-0.15, -0.1) is 0 Å². The van der Waals surface area contributed by atoms with Gasteiger partial charge in [-0.2, -0.15) is 0 Å². The van der Waals surface area contributed by atoms with Crippen LogP contribution in [-0.2, 0) is 14.3 Å². The van der Waals surface area contributed by atoms with Crippen molar-refractivity contribution in [3.05, 3.63) is 65.2 Å². The van der Waals surface area contributed by atoms with Crippen LogP contribution in [0.2, 0.25) is 0 Å². The van der Waals surface area contributed by atoms with Gasteiger partial charge < -0.3 is 24.2 Å². The summed E-state index contributed by atoms with van der Waals surface area (Å²) in [6.07, 6.45) is 0.553. The molecule has 0 saturated carbocycles. The maximum atomic E-state index is 13.1. The number of benzene rings is 2. The first-order valence-corrected chi connectivity index (χ1v) is 11.0. The highest BCUT2D eigenvalue weighted by molar-refractivity contribution is 6.46. The first-order valence-electron chi connectivity index (χ1n) is 11.0. The van der Waals surface area contributed by atoms with Crippen molar-refractivity contribution in [1.29, 1.82) is 0 Å². The van der Waals surface area contributed by atoms with Crippen LogP contribution in [0.1, 0.15) is 37.4 Å². The predicted molar refractivity (Wildman–Crippen MR) is 125 cm³/mol. The molecule has 1 aliphatic heterocycles. The van der Waals surface area contributed by atoms with Crippen LogP contribution in [0.3, 0.4) is 0 Å². The standard InChI is InChI=1S/C26H31NO6/c1-17(2)16-33-19-12-10-18(11-13-19)24(28)22-23(20-8-5-6-9-21(20)32-4)27(14-7-15-31-3)26(30)25(22)29/h5-6,8-13,17,23,28H,7,14-16H2,1-4H3/b24-22-. The van der Waals surface area contributed by atoms with Gasteiger partial charge in [0, 0.05) is 31.4 Å². The molecule has 1 unspecified atom stereocenters. The van der Waals surface area contributed by atoms with Gasteiger partial charge in [-0.25, -0.2) is 0 Å². The number of aliphatic hydroxyl groups is 1. The average molecular weight is 454 g/mol. The first-order chi connectivity index (χ1) is 15.9. The molecule has 1 amide bonds. The van der Waals surface area contributed by atoms with Crippen LogP contribution in [0.5, 0.6) is 11.5 Å². The monoisotopic (exact) mass is 453 g/mol. The average Bonchev–Trinajstić information content (AvgIpc) is 3.07. The third-order valence-corrected chi connectivity index (χ3v) is 5.43. The van der Waals surface area contributed by atoms with Gasteiger partial charge in [0.15, 0.2) is 0 Å². The molecule has 7 heteroatoms. The molecule has 1 N–H and O–H groups in total. The number of Topliss-reactive ketones (excluding diaryl/α,β-unsaturated/α-hetero) is 1. The van der Waals surface area contributed by atoms with Gasteiger partial charge >= 0.3 is 0 Å². The Balaban J connectivity index is 2.05. The number of amides is 1. The van der Waals surface area contributed by atoms with Gasteiger partial charge in [0.1, 0.15) is 17.3 Å². The van der Waals surface area contributed by atoms with Crippen molar-refractivity contribution in [3.63, 3.8) is 0 Å². The van der Waals surface area contributed by atoms with E-state index in [1.165, 1.54) is 12.0 Å². The van der Waals surface area contributed by atoms with Crippen LogP contribution in [0.4, 0.5) is 0 Å². The van der Waals surface area contributed by atoms with Gasteiger partial charge in [-0.05, 0) is 42.7 Å². The summed E-state index contributed by atoms with van der Waals surface area (Å²) in [5, 5.41) is 11.2. The Labute approximate surface area is 194 Å². The number of likely N-dealkylation sites (tertiary alicyclic amines) is 1. The minimum Gasteiger partial charge on any atom is -0.507 e. The smallest absolute Gasteiger partial charge is 0.295 e. The van der Waals surface area contributed by atoms with Crippen LogP contribution in [0.25, 0.3) is 5.76 Å². The summed E-state index contributed by atoms with van der Waals surface area (Å²) < 4.78 is 16.3. The molecule has 0 aromatic heterocycles. The lowest BCUT2D eigenvalue weighted by atomic mass is 9.94. The molecule has 1 aliphatic rings. The predicted octanol–water partition coefficient (Wildman–Crippen LogP) is 4.19. The number of carbonyl (C=O) groups is 2. The molecule has 0 spiro atoms. The minimum atomic E-state index is -0.769. The molecule has 0 radical (unpaired) electrons. The lowest BCUT2D eigenvalue weighted by molar-refractivity contribution is -0.140. The Kier molecular flexibility index (Phi) is 8.11. The van der Waals surface area contributed by atoms with E-state index in [4.69, 9.17) is 14.2 Å². The molecule has 3 rings (SSSR count). The molecule has 1 atom stereocenters. The van der Waals surface area contributed by atoms with Crippen molar-refractivity contribution in [2.24, 2.45) is 5.92 Å². The number of methoxy groups -OCH3 is 2. The number of aliphatic hydroxyl groups excluding tert-OH is 1. The lowest BCUT2D eigenvalue weighted by Crippen LogP contribution is -2.31. The van der Waals surface area contributed by atoms with Crippen molar-refractivity contribution in [2.45, 2.75) is 26.3 Å². The zero-order chi connectivity index (χ0) is 24.0. The number of para-hydroxylation sites is 1. The van der Waals surface area contributed by atoms with E-state index >= 15 is 0 Å². The molecule has 176 valence electrons. The Hall–Kier alpha value is -3.32. The fraction of sp³-hybridized carbons (Fsp3) is 0.385. The molecule has 1 saturated heterocycles. The second kappa shape index (κ2) is 11.0. The maximum Gasteiger partial charge on any atom is 0.295 e. The third-order valence-electron chi connectivity index (χ3n) is 5.43. The van der Waals surface area contributed by atoms with Crippen LogP contribution in [-0.4, -0.2) is 55.7 Å². The summed E-state index contributed by atoms with van der Waals surface area (Å²) in [4.78, 5) is 27.5. The quantitative estimate of drug-likeness (QED) is 0.251. The van der Waals surface area contributed by atoms with E-state index in [1.807, 2.05) is 12.1 Å². The zero-order valence-corrected chi connectivity index (χ0v) is 19.5. The summed E-state index contributed by atoms with van der Waals surface area (Å²) in [5.41, 5.74) is 1.11. The maximum absolute atomic E-state index is 13.1. The van der Waals surface area contributed by atoms with Crippen molar-refractivity contribution in [3.8, 4) is 11.5 Å². The molecule has 33 heavy (non-hydrogen) atoms. The molecule has 0 aliphatic carbocycles. The first kappa shape index (κ1) is 24.3. The number of hydrogen-bond acceptors (Lipinski definition) is 6. The van der Waals surface area contributed by atoms with Crippen molar-refractivity contribution >= 4 is 17.4 Å². The van der Waals surface area contributed by atoms with Gasteiger partial charge in [-0.1, -0.05) is 32.0 Å². The van der Waals surface area contributed by atoms with Crippen molar-refractivity contribution < 1.29 is 28.9 Å². The SMILES string of the molecule is COCCCN1C(=O)C(=O)/C(=C(\O)c2ccc(OCC(C)C)cc2)C1c1ccccc1OC. The van der Waals surface area contributed by atoms with Crippen LogP contribution in [0.15, 0.2) is 54.1 Å². The van der Waals surface area contributed by atoms with Gasteiger partial charge in [-0.3, -0.25) is 9.59 Å². The molecule has 7 nitrogen and oxygen atoms in total. The fourth-order valence-corrected chi connectivity index (χ4v) is 3.83.